The van der Waals surface area contributed by atoms with Gasteiger partial charge in [-0.25, -0.2) is 9.59 Å². The maximum absolute atomic E-state index is 15.3. The number of carbonyl (C=O) groups excluding carboxylic acids is 3. The molecule has 1 fully saturated rings. The number of rotatable bonds is 10. The second kappa shape index (κ2) is 17.5. The number of ether oxygens (including phenoxy) is 2. The van der Waals surface area contributed by atoms with Gasteiger partial charge < -0.3 is 34.6 Å². The number of fused-ring (bicyclic) bond motifs is 1. The van der Waals surface area contributed by atoms with Gasteiger partial charge in [0.2, 0.25) is 0 Å². The summed E-state index contributed by atoms with van der Waals surface area (Å²) in [6, 6.07) is 25.7. The molecule has 0 spiro atoms. The quantitative estimate of drug-likeness (QED) is 0.163. The Morgan fingerprint density at radius 3 is 2.18 bits per heavy atom. The van der Waals surface area contributed by atoms with Crippen LogP contribution in [0.2, 0.25) is 0 Å². The number of anilines is 1. The lowest BCUT2D eigenvalue weighted by Gasteiger charge is -2.54. The minimum absolute atomic E-state index is 0.00231. The second-order valence-electron chi connectivity index (χ2n) is 17.4. The summed E-state index contributed by atoms with van der Waals surface area (Å²) in [7, 11) is 0. The molecular formula is C47H53F3N4O7. The smallest absolute Gasteiger partial charge is 0.417 e. The summed E-state index contributed by atoms with van der Waals surface area (Å²) in [5, 5.41) is 13.2. The van der Waals surface area contributed by atoms with Gasteiger partial charge in [-0.05, 0) is 73.9 Å². The molecule has 0 aliphatic carbocycles. The monoisotopic (exact) mass is 842 g/mol. The Kier molecular flexibility index (Phi) is 12.8. The largest absolute Gasteiger partial charge is 0.476 e. The van der Waals surface area contributed by atoms with Crippen LogP contribution in [0.3, 0.4) is 0 Å². The van der Waals surface area contributed by atoms with E-state index in [4.69, 9.17) is 9.47 Å². The summed E-state index contributed by atoms with van der Waals surface area (Å²) in [5.74, 6) is -2.35. The number of halogens is 3. The van der Waals surface area contributed by atoms with Crippen molar-refractivity contribution in [3.05, 3.63) is 119 Å². The van der Waals surface area contributed by atoms with E-state index in [9.17, 15) is 19.5 Å². The Hall–Kier alpha value is -6.05. The van der Waals surface area contributed by atoms with Crippen LogP contribution in [-0.4, -0.2) is 82.3 Å². The van der Waals surface area contributed by atoms with E-state index < -0.39 is 76.4 Å². The van der Waals surface area contributed by atoms with Gasteiger partial charge in [0.05, 0.1) is 28.9 Å². The summed E-state index contributed by atoms with van der Waals surface area (Å²) in [4.78, 5) is 58.7. The van der Waals surface area contributed by atoms with Gasteiger partial charge in [-0.3, -0.25) is 9.59 Å². The number of nitrogens with zero attached hydrogens (tertiary/aromatic N) is 3. The van der Waals surface area contributed by atoms with Crippen molar-refractivity contribution in [3.8, 4) is 16.9 Å². The predicted octanol–water partition coefficient (Wildman–Crippen LogP) is 9.60. The van der Waals surface area contributed by atoms with Crippen molar-refractivity contribution in [2.24, 2.45) is 5.41 Å². The molecule has 324 valence electrons. The molecule has 6 rings (SSSR count). The molecule has 1 saturated heterocycles. The number of piperidine rings is 1. The molecule has 0 aromatic heterocycles. The highest BCUT2D eigenvalue weighted by molar-refractivity contribution is 6.05. The topological polar surface area (TPSA) is 129 Å². The van der Waals surface area contributed by atoms with Crippen LogP contribution < -0.4 is 15.0 Å². The Balaban J connectivity index is 1.43. The van der Waals surface area contributed by atoms with Gasteiger partial charge in [-0.15, -0.1) is 0 Å². The number of alkyl carbamates (subject to hydrolysis) is 1. The van der Waals surface area contributed by atoms with Crippen LogP contribution in [0.25, 0.3) is 11.1 Å². The van der Waals surface area contributed by atoms with E-state index >= 15 is 18.0 Å². The molecule has 0 radical (unpaired) electrons. The molecular weight excluding hydrogens is 790 g/mol. The SMILES string of the molecule is CC(C)N(C(=O)c1cc2c(cc1C(F)(F)F)OC(C)(C)C(=O)N2CCNC(=O)OCc1ccccc1)[C@@H]1C(C(C)(C)C)N(C(=O)O)CC[C@H]1c1cccc(-c2ccccc2)c1. The number of likely N-dealkylation sites (tertiary alicyclic amines) is 1. The van der Waals surface area contributed by atoms with Crippen molar-refractivity contribution < 1.29 is 46.9 Å². The third-order valence-electron chi connectivity index (χ3n) is 11.3. The fourth-order valence-corrected chi connectivity index (χ4v) is 8.62. The first kappa shape index (κ1) is 44.5. The van der Waals surface area contributed by atoms with Crippen molar-refractivity contribution in [3.63, 3.8) is 0 Å². The molecule has 4 aromatic carbocycles. The molecule has 11 nitrogen and oxygen atoms in total. The highest BCUT2D eigenvalue weighted by Crippen LogP contribution is 2.47. The number of amides is 4. The standard InChI is InChI=1S/C47H53F3N4O7/c1-29(2)54(39-34(21-23-53(44(58)59)40(39)45(3,4)5)33-20-14-19-32(25-33)31-17-12-9-13-18-31)41(55)35-26-37-38(27-36(35)47(48,49)50)61-46(6,7)42(56)52(37)24-22-51-43(57)60-28-30-15-10-8-11-16-30/h8-20,25-27,29,34,39-40H,21-24,28H2,1-7H3,(H,51,57)(H,58,59)/t34-,39-,40?/m0/s1. The van der Waals surface area contributed by atoms with Gasteiger partial charge >= 0.3 is 18.4 Å². The first-order valence-corrected chi connectivity index (χ1v) is 20.4. The van der Waals surface area contributed by atoms with Crippen LogP contribution in [0.5, 0.6) is 5.75 Å². The molecule has 0 bridgehead atoms. The van der Waals surface area contributed by atoms with Gasteiger partial charge in [0, 0.05) is 31.6 Å². The maximum atomic E-state index is 15.3. The van der Waals surface area contributed by atoms with E-state index in [0.29, 0.717) is 6.42 Å². The molecule has 3 atom stereocenters. The summed E-state index contributed by atoms with van der Waals surface area (Å²) in [5.41, 5.74) is -1.05. The average Bonchev–Trinajstić information content (AvgIpc) is 3.20. The van der Waals surface area contributed by atoms with Crippen LogP contribution in [-0.2, 0) is 22.3 Å². The first-order valence-electron chi connectivity index (χ1n) is 20.4. The first-order chi connectivity index (χ1) is 28.7. The molecule has 61 heavy (non-hydrogen) atoms. The second-order valence-corrected chi connectivity index (χ2v) is 17.4. The molecule has 2 heterocycles. The third-order valence-corrected chi connectivity index (χ3v) is 11.3. The molecule has 4 amide bonds. The lowest BCUT2D eigenvalue weighted by atomic mass is 9.70. The Morgan fingerprint density at radius 1 is 0.934 bits per heavy atom. The Bertz CT molecular complexity index is 2240. The number of benzene rings is 4. The van der Waals surface area contributed by atoms with E-state index in [1.165, 1.54) is 28.5 Å². The van der Waals surface area contributed by atoms with Crippen molar-refractivity contribution in [1.29, 1.82) is 0 Å². The van der Waals surface area contributed by atoms with Crippen molar-refractivity contribution >= 4 is 29.7 Å². The highest BCUT2D eigenvalue weighted by atomic mass is 19.4. The highest BCUT2D eigenvalue weighted by Gasteiger charge is 2.52. The van der Waals surface area contributed by atoms with Gasteiger partial charge in [0.25, 0.3) is 11.8 Å². The Morgan fingerprint density at radius 2 is 1.57 bits per heavy atom. The average molecular weight is 843 g/mol. The van der Waals surface area contributed by atoms with Crippen LogP contribution in [0, 0.1) is 5.41 Å². The Labute approximate surface area is 354 Å². The zero-order valence-electron chi connectivity index (χ0n) is 35.5. The fraction of sp³-hybridized carbons (Fsp3) is 0.404. The number of nitrogens with one attached hydrogen (secondary N) is 1. The number of carboxylic acid groups (broad SMARTS) is 1. The van der Waals surface area contributed by atoms with Crippen LogP contribution in [0.1, 0.15) is 87.9 Å². The summed E-state index contributed by atoms with van der Waals surface area (Å²) < 4.78 is 57.0. The van der Waals surface area contributed by atoms with Crippen LogP contribution in [0.15, 0.2) is 97.1 Å². The normalized spacial score (nSPS) is 18.9. The maximum Gasteiger partial charge on any atom is 0.417 e. The number of alkyl halides is 3. The summed E-state index contributed by atoms with van der Waals surface area (Å²) >= 11 is 0. The zero-order valence-corrected chi connectivity index (χ0v) is 35.5. The van der Waals surface area contributed by atoms with E-state index in [0.717, 1.165) is 34.4 Å². The number of carbonyl (C=O) groups is 4. The lowest BCUT2D eigenvalue weighted by molar-refractivity contribution is -0.138. The van der Waals surface area contributed by atoms with E-state index in [1.807, 2.05) is 81.4 Å². The predicted molar refractivity (Wildman–Crippen MR) is 225 cm³/mol. The lowest BCUT2D eigenvalue weighted by Crippen LogP contribution is -2.66. The molecule has 2 aliphatic rings. The van der Waals surface area contributed by atoms with Crippen molar-refractivity contribution in [1.82, 2.24) is 15.1 Å². The van der Waals surface area contributed by atoms with Crippen molar-refractivity contribution in [2.75, 3.05) is 24.5 Å². The molecule has 2 aliphatic heterocycles. The minimum Gasteiger partial charge on any atom is -0.476 e. The van der Waals surface area contributed by atoms with Gasteiger partial charge in [-0.1, -0.05) is 106 Å². The molecule has 1 unspecified atom stereocenters. The molecule has 4 aromatic rings. The van der Waals surface area contributed by atoms with Crippen LogP contribution in [0.4, 0.5) is 28.4 Å². The van der Waals surface area contributed by atoms with Gasteiger partial charge in [-0.2, -0.15) is 13.2 Å². The van der Waals surface area contributed by atoms with Gasteiger partial charge in [0.1, 0.15) is 12.4 Å². The van der Waals surface area contributed by atoms with E-state index in [2.05, 4.69) is 5.32 Å². The number of hydrogen-bond acceptors (Lipinski definition) is 6. The van der Waals surface area contributed by atoms with Crippen LogP contribution >= 0.6 is 0 Å². The summed E-state index contributed by atoms with van der Waals surface area (Å²) in [6.45, 7) is 11.6. The van der Waals surface area contributed by atoms with Crippen molar-refractivity contribution in [2.45, 2.75) is 97.3 Å². The number of hydrogen-bond donors (Lipinski definition) is 2. The zero-order chi connectivity index (χ0) is 44.4. The van der Waals surface area contributed by atoms with E-state index in [-0.39, 0.29) is 37.7 Å². The summed E-state index contributed by atoms with van der Waals surface area (Å²) in [6.07, 6.45) is -6.71. The fourth-order valence-electron chi connectivity index (χ4n) is 8.62. The molecule has 2 N–H and O–H groups in total. The minimum atomic E-state index is -5.04. The molecule has 14 heteroatoms. The third kappa shape index (κ3) is 9.63. The van der Waals surface area contributed by atoms with Gasteiger partial charge in [0.15, 0.2) is 5.60 Å². The molecule has 0 saturated carbocycles. The van der Waals surface area contributed by atoms with E-state index in [1.54, 1.807) is 38.1 Å².